The maximum Gasteiger partial charge on any atom is 0.425 e. The van der Waals surface area contributed by atoms with Gasteiger partial charge in [-0.1, -0.05) is 11.6 Å². The number of hydrogen-bond donors (Lipinski definition) is 10. The maximum atomic E-state index is 13.3. The number of carbonyl (C=O) groups excluding carboxylic acids is 10. The van der Waals surface area contributed by atoms with Crippen LogP contribution in [0.5, 0.6) is 0 Å². The van der Waals surface area contributed by atoms with Crippen LogP contribution < -0.4 is 81.8 Å². The number of nitrogen functional groups attached to an aromatic ring is 1. The summed E-state index contributed by atoms with van der Waals surface area (Å²) in [5.41, 5.74) is 16.7. The van der Waals surface area contributed by atoms with Crippen molar-refractivity contribution < 1.29 is 90.6 Å². The van der Waals surface area contributed by atoms with Crippen molar-refractivity contribution in [2.75, 3.05) is 87.3 Å². The van der Waals surface area contributed by atoms with Gasteiger partial charge in [-0.25, -0.2) is 39.1 Å². The number of nitrogens with zero attached hydrogens (tertiary/aromatic N) is 9. The zero-order chi connectivity index (χ0) is 102. The number of nitrogens with two attached hydrogens (primary N) is 3. The van der Waals surface area contributed by atoms with Gasteiger partial charge in [0, 0.05) is 81.0 Å². The molecule has 0 aromatic carbocycles. The number of H-pyrrole nitrogens is 1. The summed E-state index contributed by atoms with van der Waals surface area (Å²) in [5.74, 6) is -0.530. The summed E-state index contributed by atoms with van der Waals surface area (Å²) in [5, 5.41) is 17.6. The zero-order valence-electron chi connectivity index (χ0n) is 80.8. The molecule has 9 aliphatic heterocycles. The minimum absolute atomic E-state index is 0. The van der Waals surface area contributed by atoms with Crippen molar-refractivity contribution in [2.45, 2.75) is 248 Å². The third-order valence-corrected chi connectivity index (χ3v) is 23.8. The molecule has 0 atom stereocenters. The van der Waals surface area contributed by atoms with E-state index < -0.39 is 80.9 Å². The van der Waals surface area contributed by atoms with Gasteiger partial charge in [-0.05, 0) is 228 Å². The van der Waals surface area contributed by atoms with Crippen molar-refractivity contribution in [3.05, 3.63) is 182 Å². The van der Waals surface area contributed by atoms with E-state index in [-0.39, 0.29) is 86.3 Å². The molecule has 0 aliphatic carbocycles. The molecule has 9 amide bonds. The predicted molar refractivity (Wildman–Crippen MR) is 518 cm³/mol. The number of aryl methyl sites for hydroxylation is 6. The minimum atomic E-state index is -0.899. The molecule has 7 aromatic heterocycles. The normalized spacial score (nSPS) is 16.8. The van der Waals surface area contributed by atoms with Crippen molar-refractivity contribution in [2.24, 2.45) is 11.5 Å². The van der Waals surface area contributed by atoms with E-state index in [0.29, 0.717) is 196 Å². The highest BCUT2D eigenvalue weighted by Crippen LogP contribution is 2.39. The van der Waals surface area contributed by atoms with Gasteiger partial charge in [0.15, 0.2) is 5.82 Å². The number of nitrogens with one attached hydrogen (secondary N) is 7. The second-order valence-electron chi connectivity index (χ2n) is 37.4. The van der Waals surface area contributed by atoms with Gasteiger partial charge < -0.3 is 91.4 Å². The van der Waals surface area contributed by atoms with Gasteiger partial charge in [-0.3, -0.25) is 76.3 Å². The van der Waals surface area contributed by atoms with Crippen LogP contribution in [0.3, 0.4) is 0 Å². The second-order valence-corrected chi connectivity index (χ2v) is 39.5. The average Bonchev–Trinajstić information content (AvgIpc) is 1.59. The highest BCUT2D eigenvalue weighted by Gasteiger charge is 2.50. The number of ether oxygens (including phenoxy) is 9. The van der Waals surface area contributed by atoms with Gasteiger partial charge in [0.05, 0.1) is 80.7 Å². The number of fused-ring (bicyclic) bond motifs is 8. The van der Waals surface area contributed by atoms with E-state index in [4.69, 9.17) is 66.7 Å². The predicted octanol–water partition coefficient (Wildman–Crippen LogP) is 10.6. The summed E-state index contributed by atoms with van der Waals surface area (Å²) in [4.78, 5) is 198. The van der Waals surface area contributed by atoms with Crippen molar-refractivity contribution in [3.63, 3.8) is 0 Å². The summed E-state index contributed by atoms with van der Waals surface area (Å²) >= 11 is 12.3. The molecule has 752 valence electrons. The van der Waals surface area contributed by atoms with E-state index in [1.807, 2.05) is 27.7 Å². The number of halogens is 4. The van der Waals surface area contributed by atoms with E-state index in [1.165, 1.54) is 21.5 Å². The van der Waals surface area contributed by atoms with Gasteiger partial charge >= 0.3 is 24.4 Å². The Morgan fingerprint density at radius 2 is 0.804 bits per heavy atom. The highest BCUT2D eigenvalue weighted by atomic mass is 79.9. The molecule has 0 saturated carbocycles. The first-order valence-corrected chi connectivity index (χ1v) is 45.9. The van der Waals surface area contributed by atoms with Crippen LogP contribution in [0.25, 0.3) is 0 Å². The molecule has 0 unspecified atom stereocenters. The fraction of sp³-hybridized carbons (Fsp3) is 0.527. The molecule has 0 radical (unpaired) electrons. The third kappa shape index (κ3) is 27.0. The fourth-order valence-electron chi connectivity index (χ4n) is 15.9. The number of imide groups is 1. The zero-order valence-corrected chi connectivity index (χ0v) is 85.5. The lowest BCUT2D eigenvalue weighted by atomic mass is 10.0. The molecule has 4 spiro atoms. The molecule has 16 heterocycles. The van der Waals surface area contributed by atoms with E-state index in [2.05, 4.69) is 93.4 Å². The van der Waals surface area contributed by atoms with Crippen LogP contribution in [0, 0.1) is 55.4 Å². The average molecular weight is 2100 g/mol. The molecule has 0 bridgehead atoms. The van der Waals surface area contributed by atoms with Gasteiger partial charge in [0.1, 0.15) is 114 Å². The molecule has 47 heteroatoms. The number of anilines is 5. The number of Topliss-reactive ketones (excluding diaryl/α,β-unsaturated/α-hetero) is 1. The number of primary amides is 2. The monoisotopic (exact) mass is 2090 g/mol. The molecule has 5 fully saturated rings. The maximum absolute atomic E-state index is 13.3. The number of carbonyl (C=O) groups is 10. The topological polar surface area (TPSA) is 580 Å². The Hall–Kier alpha value is -11.9. The van der Waals surface area contributed by atoms with Crippen LogP contribution in [-0.4, -0.2) is 191 Å². The first-order chi connectivity index (χ1) is 63.8. The van der Waals surface area contributed by atoms with Crippen LogP contribution in [0.15, 0.2) is 75.9 Å². The lowest BCUT2D eigenvalue weighted by molar-refractivity contribution is -0.124. The van der Waals surface area contributed by atoms with E-state index in [1.54, 1.807) is 144 Å². The van der Waals surface area contributed by atoms with Crippen LogP contribution in [0.2, 0.25) is 5.15 Å². The summed E-state index contributed by atoms with van der Waals surface area (Å²) in [6, 6.07) is 8.04. The van der Waals surface area contributed by atoms with Crippen molar-refractivity contribution in [3.8, 4) is 0 Å². The second kappa shape index (κ2) is 45.4. The van der Waals surface area contributed by atoms with E-state index in [9.17, 15) is 71.9 Å². The highest BCUT2D eigenvalue weighted by molar-refractivity contribution is 9.10. The van der Waals surface area contributed by atoms with Crippen LogP contribution in [0.4, 0.5) is 47.9 Å². The Morgan fingerprint density at radius 1 is 0.449 bits per heavy atom. The van der Waals surface area contributed by atoms with E-state index in [0.717, 1.165) is 39.2 Å². The number of amides is 9. The number of aromatic nitrogens is 9. The van der Waals surface area contributed by atoms with Crippen LogP contribution in [0.1, 0.15) is 244 Å². The SMILES string of the molecule is CC(C)(C)OC(N)=O.Cc1c(Cl)ncnc1N(C(=O)OC(C)(C)C)C(=O)OC(C)(C)C.Cc1cc(Br)c(=O)[nH]c1C(N)=O.Cc1cc(Br)c(=O)n2c1C(=O)NC21CCOCC1.Cc1cc(N)c(=O)n2c1C(=O)NC21CCOCC1.Cc1cc(NC(=O)OC(C)(C)C)c(=O)n2c1C(=O)NC21CCOCC1.Cc1cc(Nc2ncnc(C)c2C)c(=O)n2c1C(=O)NC21CCOCC1.Cl.O=C1CCOCC1. The number of aromatic amines is 1. The molecular formula is C91H121Br2Cl2N19O24. The number of ketones is 1. The molecule has 7 aromatic rings. The molecular weight excluding hydrogens is 1970 g/mol. The Bertz CT molecular complexity index is 6000. The van der Waals surface area contributed by atoms with Crippen LogP contribution >= 0.6 is 55.9 Å². The lowest BCUT2D eigenvalue weighted by Crippen LogP contribution is -2.51. The Kier molecular flexibility index (Phi) is 36.7. The summed E-state index contributed by atoms with van der Waals surface area (Å²) in [6.07, 6.45) is 5.23. The molecule has 16 rings (SSSR count). The first-order valence-electron chi connectivity index (χ1n) is 44.0. The minimum Gasteiger partial charge on any atom is -0.444 e. The summed E-state index contributed by atoms with van der Waals surface area (Å²) < 4.78 is 53.8. The van der Waals surface area contributed by atoms with Crippen LogP contribution in [-0.2, 0) is 70.1 Å². The van der Waals surface area contributed by atoms with Gasteiger partial charge in [0.2, 0.25) is 0 Å². The molecule has 13 N–H and O–H groups in total. The number of rotatable bonds is 5. The molecule has 138 heavy (non-hydrogen) atoms. The Labute approximate surface area is 822 Å². The lowest BCUT2D eigenvalue weighted by Gasteiger charge is -2.35. The largest absolute Gasteiger partial charge is 0.444 e. The number of hydrogen-bond acceptors (Lipinski definition) is 30. The van der Waals surface area contributed by atoms with E-state index >= 15 is 0 Å². The summed E-state index contributed by atoms with van der Waals surface area (Å²) in [6.45, 7) is 40.3. The molecule has 5 saturated heterocycles. The van der Waals surface area contributed by atoms with Crippen molar-refractivity contribution in [1.82, 2.24) is 64.5 Å². The Balaban J connectivity index is 0.000000199. The Morgan fingerprint density at radius 3 is 1.18 bits per heavy atom. The smallest absolute Gasteiger partial charge is 0.425 e. The summed E-state index contributed by atoms with van der Waals surface area (Å²) in [7, 11) is 0. The van der Waals surface area contributed by atoms with Crippen molar-refractivity contribution in [1.29, 1.82) is 0 Å². The first kappa shape index (κ1) is 111. The fourth-order valence-corrected chi connectivity index (χ4v) is 17.0. The standard InChI is InChI=1S/C18H21N5O3.C17H23N3O5.C15H22ClN3O4.C12H13BrN2O3.C12H15N3O3.C7H7BrN2O2.C5H11NO2.C5H8O2.ClH/c1-10-8-13(21-15-11(2)12(3)19-9-20-15)17(25)23-14(10)16(24)22-18(23)4-6-26-7-5-18;1-10-9-11(18-15(23)25-16(2,3)4)14(22)20-12(10)13(21)19-17(20)5-7-24-8-6-17;1-9-10(16)17-8-18-11(9)19(12(20)22-14(2,3)4)13(21)23-15(5,6)7;2*1-7-6-8(13)11(17)15-9(7)10(16)14-12(15)2-4-18-5-3-12;1-3-2-4(8)7(12)10-5(3)6(9)11;1-5(2,3)8-4(6)7;6-5-1-3-7-4-2-5;/h8-9H,4-7H2,1-3H3,(H,22,24)(H,19,20,21);9H,5-8H2,1-4H3,(H,18,23)(H,19,21);8H,1-7H3;6H,2-5H2,1H3,(H,14,16);6H,2-5,13H2,1H3,(H,14,16);2H,1H3,(H2,9,11)(H,10,12);1-3H3,(H2,6,7);1-4H2;1H. The van der Waals surface area contributed by atoms with Gasteiger partial charge in [-0.15, -0.1) is 12.4 Å². The quantitative estimate of drug-likeness (QED) is 0.0565. The number of pyridine rings is 5. The van der Waals surface area contributed by atoms with Gasteiger partial charge in [-0.2, -0.15) is 4.90 Å². The third-order valence-electron chi connectivity index (χ3n) is 22.3. The molecule has 9 aliphatic rings. The van der Waals surface area contributed by atoms with Crippen molar-refractivity contribution >= 4 is 144 Å². The van der Waals surface area contributed by atoms with Gasteiger partial charge in [0.25, 0.3) is 57.3 Å². The molecule has 43 nitrogen and oxygen atoms in total.